The van der Waals surface area contributed by atoms with E-state index in [1.54, 1.807) is 7.11 Å². The summed E-state index contributed by atoms with van der Waals surface area (Å²) in [4.78, 5) is 23.5. The maximum Gasteiger partial charge on any atom is 0.306 e. The number of hydrogen-bond acceptors (Lipinski definition) is 3. The maximum absolute atomic E-state index is 12.4. The van der Waals surface area contributed by atoms with Gasteiger partial charge in [0.1, 0.15) is 0 Å². The first-order chi connectivity index (χ1) is 9.71. The van der Waals surface area contributed by atoms with E-state index < -0.39 is 5.97 Å². The van der Waals surface area contributed by atoms with E-state index in [0.717, 1.165) is 19.3 Å². The summed E-state index contributed by atoms with van der Waals surface area (Å²) < 4.78 is 5.57. The first-order valence-corrected chi connectivity index (χ1v) is 7.79. The van der Waals surface area contributed by atoms with Gasteiger partial charge in [-0.15, -0.1) is 0 Å². The molecule has 2 fully saturated rings. The number of amides is 1. The number of carbonyl (C=O) groups is 2. The maximum atomic E-state index is 12.4. The van der Waals surface area contributed by atoms with Crippen molar-refractivity contribution in [2.24, 2.45) is 17.3 Å². The molecule has 0 aromatic carbocycles. The molecule has 2 rings (SSSR count). The highest BCUT2D eigenvalue weighted by Gasteiger charge is 2.58. The first-order valence-electron chi connectivity index (χ1n) is 7.79. The van der Waals surface area contributed by atoms with Gasteiger partial charge in [-0.3, -0.25) is 9.59 Å². The van der Waals surface area contributed by atoms with Crippen molar-refractivity contribution in [3.05, 3.63) is 0 Å². The highest BCUT2D eigenvalue weighted by Crippen LogP contribution is 2.51. The van der Waals surface area contributed by atoms with Gasteiger partial charge in [0.2, 0.25) is 5.91 Å². The Morgan fingerprint density at radius 3 is 2.33 bits per heavy atom. The molecule has 5 nitrogen and oxygen atoms in total. The van der Waals surface area contributed by atoms with Gasteiger partial charge >= 0.3 is 5.97 Å². The molecule has 0 aromatic heterocycles. The highest BCUT2D eigenvalue weighted by molar-refractivity contribution is 5.80. The molecule has 0 spiro atoms. The number of rotatable bonds is 4. The number of carboxylic acids is 1. The molecule has 4 unspecified atom stereocenters. The molecule has 2 aliphatic carbocycles. The van der Waals surface area contributed by atoms with Gasteiger partial charge in [0, 0.05) is 24.5 Å². The van der Waals surface area contributed by atoms with E-state index in [1.807, 2.05) is 0 Å². The predicted molar refractivity (Wildman–Crippen MR) is 78.8 cm³/mol. The molecule has 0 saturated heterocycles. The van der Waals surface area contributed by atoms with E-state index in [9.17, 15) is 9.59 Å². The Balaban J connectivity index is 1.92. The van der Waals surface area contributed by atoms with E-state index in [2.05, 4.69) is 26.1 Å². The van der Waals surface area contributed by atoms with Gasteiger partial charge in [-0.05, 0) is 32.6 Å². The quantitative estimate of drug-likeness (QED) is 0.834. The summed E-state index contributed by atoms with van der Waals surface area (Å²) in [5.41, 5.74) is -0.320. The number of nitrogens with one attached hydrogen (secondary N) is 1. The molecule has 2 saturated carbocycles. The van der Waals surface area contributed by atoms with Crippen molar-refractivity contribution in [3.63, 3.8) is 0 Å². The van der Waals surface area contributed by atoms with Crippen LogP contribution in [0, 0.1) is 17.3 Å². The van der Waals surface area contributed by atoms with Crippen molar-refractivity contribution in [3.8, 4) is 0 Å². The second kappa shape index (κ2) is 5.59. The second-order valence-corrected chi connectivity index (χ2v) is 7.32. The molecule has 2 aliphatic rings. The van der Waals surface area contributed by atoms with Crippen LogP contribution in [-0.4, -0.2) is 35.7 Å². The normalized spacial score (nSPS) is 38.4. The van der Waals surface area contributed by atoms with Crippen LogP contribution in [0.4, 0.5) is 0 Å². The van der Waals surface area contributed by atoms with Crippen molar-refractivity contribution in [1.29, 1.82) is 0 Å². The fraction of sp³-hybridized carbons (Fsp3) is 0.875. The van der Waals surface area contributed by atoms with Gasteiger partial charge < -0.3 is 15.2 Å². The molecule has 0 heterocycles. The Bertz CT molecular complexity index is 434. The standard InChI is InChI=1S/C16H27NO4/c1-15(2)12(9-16(15,3)21-4)17-13(18)10-6-5-7-11(8-10)14(19)20/h10-12H,5-9H2,1-4H3,(H,17,18)(H,19,20). The zero-order valence-corrected chi connectivity index (χ0v) is 13.4. The van der Waals surface area contributed by atoms with E-state index in [4.69, 9.17) is 9.84 Å². The molecule has 21 heavy (non-hydrogen) atoms. The molecule has 4 atom stereocenters. The van der Waals surface area contributed by atoms with Crippen LogP contribution in [0.1, 0.15) is 52.9 Å². The van der Waals surface area contributed by atoms with Crippen LogP contribution in [0.5, 0.6) is 0 Å². The van der Waals surface area contributed by atoms with Crippen LogP contribution >= 0.6 is 0 Å². The number of methoxy groups -OCH3 is 1. The molecule has 0 aliphatic heterocycles. The second-order valence-electron chi connectivity index (χ2n) is 7.32. The largest absolute Gasteiger partial charge is 0.481 e. The minimum Gasteiger partial charge on any atom is -0.481 e. The van der Waals surface area contributed by atoms with Crippen molar-refractivity contribution < 1.29 is 19.4 Å². The lowest BCUT2D eigenvalue weighted by Crippen LogP contribution is -2.69. The molecule has 5 heteroatoms. The topological polar surface area (TPSA) is 75.6 Å². The van der Waals surface area contributed by atoms with Crippen molar-refractivity contribution in [1.82, 2.24) is 5.32 Å². The monoisotopic (exact) mass is 297 g/mol. The fourth-order valence-electron chi connectivity index (χ4n) is 3.66. The summed E-state index contributed by atoms with van der Waals surface area (Å²) in [6.07, 6.45) is 3.58. The van der Waals surface area contributed by atoms with Crippen molar-refractivity contribution in [2.75, 3.05) is 7.11 Å². The van der Waals surface area contributed by atoms with Crippen LogP contribution in [-0.2, 0) is 14.3 Å². The van der Waals surface area contributed by atoms with Crippen molar-refractivity contribution >= 4 is 11.9 Å². The zero-order valence-electron chi connectivity index (χ0n) is 13.4. The minimum absolute atomic E-state index is 0.0113. The Kier molecular flexibility index (Phi) is 4.34. The number of hydrogen-bond donors (Lipinski definition) is 2. The lowest BCUT2D eigenvalue weighted by atomic mass is 9.55. The first kappa shape index (κ1) is 16.3. The Morgan fingerprint density at radius 2 is 1.81 bits per heavy atom. The number of ether oxygens (including phenoxy) is 1. The molecule has 1 amide bonds. The summed E-state index contributed by atoms with van der Waals surface area (Å²) in [5, 5.41) is 12.2. The van der Waals surface area contributed by atoms with E-state index in [-0.39, 0.29) is 34.8 Å². The summed E-state index contributed by atoms with van der Waals surface area (Å²) in [6.45, 7) is 6.27. The number of carboxylic acid groups (broad SMARTS) is 1. The van der Waals surface area contributed by atoms with E-state index in [1.165, 1.54) is 0 Å². The summed E-state index contributed by atoms with van der Waals surface area (Å²) >= 11 is 0. The fourth-order valence-corrected chi connectivity index (χ4v) is 3.66. The molecule has 2 N–H and O–H groups in total. The highest BCUT2D eigenvalue weighted by atomic mass is 16.5. The van der Waals surface area contributed by atoms with E-state index in [0.29, 0.717) is 12.8 Å². The predicted octanol–water partition coefficient (Wildman–Crippen LogP) is 2.20. The number of carbonyl (C=O) groups excluding carboxylic acids is 1. The average molecular weight is 297 g/mol. The summed E-state index contributed by atoms with van der Waals surface area (Å²) in [5.74, 6) is -1.29. The molecule has 120 valence electrons. The van der Waals surface area contributed by atoms with Crippen LogP contribution < -0.4 is 5.32 Å². The van der Waals surface area contributed by atoms with Gasteiger partial charge in [-0.2, -0.15) is 0 Å². The Hall–Kier alpha value is -1.10. The van der Waals surface area contributed by atoms with E-state index >= 15 is 0 Å². The van der Waals surface area contributed by atoms with Crippen LogP contribution in [0.25, 0.3) is 0 Å². The molecular weight excluding hydrogens is 270 g/mol. The third kappa shape index (κ3) is 2.80. The van der Waals surface area contributed by atoms with Gasteiger partial charge in [-0.1, -0.05) is 20.3 Å². The molecule has 0 bridgehead atoms. The lowest BCUT2D eigenvalue weighted by Gasteiger charge is -2.59. The summed E-state index contributed by atoms with van der Waals surface area (Å²) in [6, 6.07) is 0.0974. The zero-order chi connectivity index (χ0) is 15.8. The minimum atomic E-state index is -0.775. The smallest absolute Gasteiger partial charge is 0.306 e. The lowest BCUT2D eigenvalue weighted by molar-refractivity contribution is -0.183. The number of aliphatic carboxylic acids is 1. The summed E-state index contributed by atoms with van der Waals surface area (Å²) in [7, 11) is 1.71. The third-order valence-corrected chi connectivity index (χ3v) is 5.99. The third-order valence-electron chi connectivity index (χ3n) is 5.99. The average Bonchev–Trinajstić information content (AvgIpc) is 2.46. The van der Waals surface area contributed by atoms with Crippen LogP contribution in [0.15, 0.2) is 0 Å². The van der Waals surface area contributed by atoms with Crippen LogP contribution in [0.3, 0.4) is 0 Å². The van der Waals surface area contributed by atoms with Crippen LogP contribution in [0.2, 0.25) is 0 Å². The Morgan fingerprint density at radius 1 is 1.19 bits per heavy atom. The van der Waals surface area contributed by atoms with Gasteiger partial charge in [0.05, 0.1) is 11.5 Å². The molecular formula is C16H27NO4. The SMILES string of the molecule is COC1(C)CC(NC(=O)C2CCCC(C(=O)O)C2)C1(C)C. The molecule has 0 aromatic rings. The van der Waals surface area contributed by atoms with Gasteiger partial charge in [0.25, 0.3) is 0 Å². The molecule has 0 radical (unpaired) electrons. The van der Waals surface area contributed by atoms with Gasteiger partial charge in [0.15, 0.2) is 0 Å². The van der Waals surface area contributed by atoms with Crippen molar-refractivity contribution in [2.45, 2.75) is 64.5 Å². The van der Waals surface area contributed by atoms with Gasteiger partial charge in [-0.25, -0.2) is 0 Å². The Labute approximate surface area is 126 Å².